The van der Waals surface area contributed by atoms with E-state index in [1.807, 2.05) is 24.2 Å². The largest absolute Gasteiger partial charge is 0.454 e. The number of likely N-dealkylation sites (N-methyl/N-ethyl adjacent to an activating group) is 1. The fourth-order valence-corrected chi connectivity index (χ4v) is 2.70. The molecule has 2 aliphatic heterocycles. The standard InChI is InChI=1S/C18H20N2O4/c1-12(20(3)18(22)14-5-4-8-19(2)10-14)17(21)13-6-7-15-16(9-13)24-11-23-15/h4,6-10,12H,5,11H2,1-3H3. The predicted molar refractivity (Wildman–Crippen MR) is 88.7 cm³/mol. The summed E-state index contributed by atoms with van der Waals surface area (Å²) >= 11 is 0. The zero-order valence-corrected chi connectivity index (χ0v) is 14.0. The number of amides is 1. The van der Waals surface area contributed by atoms with E-state index in [-0.39, 0.29) is 18.5 Å². The molecule has 1 aromatic rings. The molecule has 1 unspecified atom stereocenters. The summed E-state index contributed by atoms with van der Waals surface area (Å²) in [7, 11) is 3.52. The number of ketones is 1. The van der Waals surface area contributed by atoms with Crippen molar-refractivity contribution in [1.82, 2.24) is 9.80 Å². The summed E-state index contributed by atoms with van der Waals surface area (Å²) in [5.41, 5.74) is 1.16. The minimum absolute atomic E-state index is 0.135. The summed E-state index contributed by atoms with van der Waals surface area (Å²) in [6.07, 6.45) is 6.18. The number of ether oxygens (including phenoxy) is 2. The van der Waals surface area contributed by atoms with E-state index in [2.05, 4.69) is 0 Å². The minimum Gasteiger partial charge on any atom is -0.454 e. The van der Waals surface area contributed by atoms with E-state index in [0.29, 0.717) is 29.1 Å². The highest BCUT2D eigenvalue weighted by molar-refractivity contribution is 6.04. The summed E-state index contributed by atoms with van der Waals surface area (Å²) in [5, 5.41) is 0. The van der Waals surface area contributed by atoms with E-state index in [0.717, 1.165) is 0 Å². The molecule has 24 heavy (non-hydrogen) atoms. The molecular formula is C18H20N2O4. The van der Waals surface area contributed by atoms with Crippen LogP contribution >= 0.6 is 0 Å². The summed E-state index contributed by atoms with van der Waals surface area (Å²) in [5.74, 6) is 0.909. The van der Waals surface area contributed by atoms with Crippen molar-refractivity contribution < 1.29 is 19.1 Å². The summed E-state index contributed by atoms with van der Waals surface area (Å²) in [4.78, 5) is 28.6. The Hall–Kier alpha value is -2.76. The van der Waals surface area contributed by atoms with Gasteiger partial charge in [0.25, 0.3) is 5.91 Å². The Morgan fingerprint density at radius 2 is 2.00 bits per heavy atom. The van der Waals surface area contributed by atoms with Crippen LogP contribution in [0.1, 0.15) is 23.7 Å². The molecule has 0 radical (unpaired) electrons. The lowest BCUT2D eigenvalue weighted by molar-refractivity contribution is -0.127. The van der Waals surface area contributed by atoms with Crippen molar-refractivity contribution in [3.8, 4) is 11.5 Å². The first-order chi connectivity index (χ1) is 11.5. The van der Waals surface area contributed by atoms with Crippen molar-refractivity contribution in [3.05, 3.63) is 47.8 Å². The second kappa shape index (κ2) is 6.39. The molecule has 0 saturated heterocycles. The van der Waals surface area contributed by atoms with E-state index in [9.17, 15) is 9.59 Å². The highest BCUT2D eigenvalue weighted by atomic mass is 16.7. The number of carbonyl (C=O) groups excluding carboxylic acids is 2. The van der Waals surface area contributed by atoms with Crippen LogP contribution in [0.2, 0.25) is 0 Å². The zero-order valence-electron chi connectivity index (χ0n) is 14.0. The molecule has 0 N–H and O–H groups in total. The number of benzene rings is 1. The van der Waals surface area contributed by atoms with Crippen LogP contribution in [-0.4, -0.2) is 48.4 Å². The Kier molecular flexibility index (Phi) is 4.29. The van der Waals surface area contributed by atoms with Crippen molar-refractivity contribution in [2.24, 2.45) is 0 Å². The Morgan fingerprint density at radius 1 is 1.25 bits per heavy atom. The molecule has 2 heterocycles. The molecule has 2 aliphatic rings. The van der Waals surface area contributed by atoms with Crippen LogP contribution in [0.15, 0.2) is 42.2 Å². The third kappa shape index (κ3) is 2.99. The number of hydrogen-bond acceptors (Lipinski definition) is 5. The molecule has 126 valence electrons. The summed E-state index contributed by atoms with van der Waals surface area (Å²) in [6.45, 7) is 1.89. The molecule has 0 bridgehead atoms. The Balaban J connectivity index is 1.74. The van der Waals surface area contributed by atoms with Gasteiger partial charge in [0.15, 0.2) is 17.3 Å². The van der Waals surface area contributed by atoms with Gasteiger partial charge in [-0.05, 0) is 37.7 Å². The summed E-state index contributed by atoms with van der Waals surface area (Å²) < 4.78 is 10.6. The van der Waals surface area contributed by atoms with Crippen LogP contribution in [0.3, 0.4) is 0 Å². The van der Waals surface area contributed by atoms with Gasteiger partial charge in [-0.2, -0.15) is 0 Å². The molecule has 1 aromatic carbocycles. The topological polar surface area (TPSA) is 59.1 Å². The van der Waals surface area contributed by atoms with Gasteiger partial charge in [0.1, 0.15) is 0 Å². The molecule has 0 saturated carbocycles. The van der Waals surface area contributed by atoms with Crippen LogP contribution in [0, 0.1) is 0 Å². The third-order valence-electron chi connectivity index (χ3n) is 4.25. The lowest BCUT2D eigenvalue weighted by Crippen LogP contribution is -2.41. The smallest absolute Gasteiger partial charge is 0.251 e. The number of allylic oxidation sites excluding steroid dienone is 1. The van der Waals surface area contributed by atoms with Gasteiger partial charge in [-0.3, -0.25) is 9.59 Å². The monoisotopic (exact) mass is 328 g/mol. The predicted octanol–water partition coefficient (Wildman–Crippen LogP) is 2.18. The highest BCUT2D eigenvalue weighted by Crippen LogP contribution is 2.33. The van der Waals surface area contributed by atoms with Crippen LogP contribution in [0.5, 0.6) is 11.5 Å². The van der Waals surface area contributed by atoms with E-state index in [1.54, 1.807) is 38.4 Å². The van der Waals surface area contributed by atoms with Gasteiger partial charge >= 0.3 is 0 Å². The van der Waals surface area contributed by atoms with E-state index in [4.69, 9.17) is 9.47 Å². The van der Waals surface area contributed by atoms with Crippen LogP contribution in [-0.2, 0) is 4.79 Å². The molecule has 0 aliphatic carbocycles. The average molecular weight is 328 g/mol. The Labute approximate surface area is 140 Å². The van der Waals surface area contributed by atoms with Gasteiger partial charge in [0.2, 0.25) is 6.79 Å². The Bertz CT molecular complexity index is 739. The number of Topliss-reactive ketones (excluding diaryl/α,β-unsaturated/α-hetero) is 1. The van der Waals surface area contributed by atoms with Gasteiger partial charge < -0.3 is 19.3 Å². The zero-order chi connectivity index (χ0) is 17.3. The first kappa shape index (κ1) is 16.1. The highest BCUT2D eigenvalue weighted by Gasteiger charge is 2.27. The number of nitrogens with zero attached hydrogens (tertiary/aromatic N) is 2. The first-order valence-corrected chi connectivity index (χ1v) is 7.77. The minimum atomic E-state index is -0.574. The lowest BCUT2D eigenvalue weighted by Gasteiger charge is -2.26. The molecule has 0 aromatic heterocycles. The molecule has 6 heteroatoms. The maximum Gasteiger partial charge on any atom is 0.251 e. The van der Waals surface area contributed by atoms with Gasteiger partial charge in [-0.1, -0.05) is 6.08 Å². The number of fused-ring (bicyclic) bond motifs is 1. The molecule has 0 spiro atoms. The summed E-state index contributed by atoms with van der Waals surface area (Å²) in [6, 6.07) is 4.50. The number of hydrogen-bond donors (Lipinski definition) is 0. The fourth-order valence-electron chi connectivity index (χ4n) is 2.70. The van der Waals surface area contributed by atoms with Crippen molar-refractivity contribution in [3.63, 3.8) is 0 Å². The third-order valence-corrected chi connectivity index (χ3v) is 4.25. The van der Waals surface area contributed by atoms with Gasteiger partial charge in [-0.15, -0.1) is 0 Å². The lowest BCUT2D eigenvalue weighted by atomic mass is 10.0. The SMILES string of the molecule is CC(C(=O)c1ccc2c(c1)OCO2)N(C)C(=O)C1=CN(C)C=CC1. The van der Waals surface area contributed by atoms with Crippen LogP contribution < -0.4 is 9.47 Å². The van der Waals surface area contributed by atoms with Crippen molar-refractivity contribution in [1.29, 1.82) is 0 Å². The number of rotatable bonds is 4. The Morgan fingerprint density at radius 3 is 2.75 bits per heavy atom. The van der Waals surface area contributed by atoms with Crippen LogP contribution in [0.4, 0.5) is 0 Å². The second-order valence-corrected chi connectivity index (χ2v) is 5.93. The molecule has 1 amide bonds. The fraction of sp³-hybridized carbons (Fsp3) is 0.333. The van der Waals surface area contributed by atoms with Gasteiger partial charge in [-0.25, -0.2) is 0 Å². The van der Waals surface area contributed by atoms with Crippen molar-refractivity contribution >= 4 is 11.7 Å². The quantitative estimate of drug-likeness (QED) is 0.793. The van der Waals surface area contributed by atoms with E-state index < -0.39 is 6.04 Å². The van der Waals surface area contributed by atoms with Gasteiger partial charge in [0, 0.05) is 31.4 Å². The van der Waals surface area contributed by atoms with Crippen LogP contribution in [0.25, 0.3) is 0 Å². The maximum atomic E-state index is 12.7. The van der Waals surface area contributed by atoms with Gasteiger partial charge in [0.05, 0.1) is 6.04 Å². The second-order valence-electron chi connectivity index (χ2n) is 5.93. The molecule has 6 nitrogen and oxygen atoms in total. The molecule has 3 rings (SSSR count). The maximum absolute atomic E-state index is 12.7. The normalized spacial score (nSPS) is 16.6. The molecule has 0 fully saturated rings. The first-order valence-electron chi connectivity index (χ1n) is 7.77. The van der Waals surface area contributed by atoms with E-state index >= 15 is 0 Å². The van der Waals surface area contributed by atoms with Crippen molar-refractivity contribution in [2.75, 3.05) is 20.9 Å². The molecular weight excluding hydrogens is 308 g/mol. The molecule has 1 atom stereocenters. The average Bonchev–Trinajstić information content (AvgIpc) is 3.06. The van der Waals surface area contributed by atoms with Crippen molar-refractivity contribution in [2.45, 2.75) is 19.4 Å². The number of carbonyl (C=O) groups is 2. The van der Waals surface area contributed by atoms with E-state index in [1.165, 1.54) is 4.90 Å².